The van der Waals surface area contributed by atoms with Crippen LogP contribution in [0.4, 0.5) is 17.1 Å². The van der Waals surface area contributed by atoms with Gasteiger partial charge in [0.15, 0.2) is 5.69 Å². The fourth-order valence-electron chi connectivity index (χ4n) is 1.09. The lowest BCUT2D eigenvalue weighted by Gasteiger charge is -2.12. The van der Waals surface area contributed by atoms with Crippen molar-refractivity contribution in [1.82, 2.24) is 0 Å². The first-order chi connectivity index (χ1) is 6.56. The van der Waals surface area contributed by atoms with Crippen LogP contribution in [0.3, 0.4) is 0 Å². The van der Waals surface area contributed by atoms with Crippen molar-refractivity contribution in [2.24, 2.45) is 0 Å². The van der Waals surface area contributed by atoms with E-state index in [1.54, 1.807) is 19.0 Å². The Bertz CT molecular complexity index is 407. The maximum atomic E-state index is 10.6. The number of nitro groups is 1. The second kappa shape index (κ2) is 3.75. The van der Waals surface area contributed by atoms with Crippen LogP contribution in [0.2, 0.25) is 0 Å². The first-order valence-corrected chi connectivity index (χ1v) is 3.89. The smallest absolute Gasteiger partial charge is 0.289 e. The lowest BCUT2D eigenvalue weighted by atomic mass is 10.2. The quantitative estimate of drug-likeness (QED) is 0.409. The van der Waals surface area contributed by atoms with Crippen molar-refractivity contribution < 1.29 is 4.92 Å². The third kappa shape index (κ3) is 1.80. The van der Waals surface area contributed by atoms with E-state index in [0.29, 0.717) is 11.4 Å². The van der Waals surface area contributed by atoms with Gasteiger partial charge in [-0.15, -0.1) is 0 Å². The number of benzene rings is 1. The van der Waals surface area contributed by atoms with E-state index in [0.717, 1.165) is 0 Å². The van der Waals surface area contributed by atoms with Crippen molar-refractivity contribution in [2.45, 2.75) is 0 Å². The molecule has 72 valence electrons. The molecule has 14 heavy (non-hydrogen) atoms. The van der Waals surface area contributed by atoms with E-state index in [9.17, 15) is 10.1 Å². The molecule has 0 saturated carbocycles. The third-order valence-corrected chi connectivity index (χ3v) is 1.77. The molecule has 0 radical (unpaired) electrons. The maximum absolute atomic E-state index is 10.6. The number of anilines is 1. The first-order valence-electron chi connectivity index (χ1n) is 3.89. The summed E-state index contributed by atoms with van der Waals surface area (Å²) in [6.07, 6.45) is 0. The molecule has 0 atom stereocenters. The van der Waals surface area contributed by atoms with Crippen molar-refractivity contribution in [3.8, 4) is 0 Å². The van der Waals surface area contributed by atoms with Gasteiger partial charge in [0.25, 0.3) is 5.69 Å². The summed E-state index contributed by atoms with van der Waals surface area (Å²) in [6, 6.07) is 4.30. The van der Waals surface area contributed by atoms with Gasteiger partial charge in [0, 0.05) is 20.2 Å². The highest BCUT2D eigenvalue weighted by molar-refractivity contribution is 5.69. The zero-order chi connectivity index (χ0) is 10.7. The number of hydrogen-bond donors (Lipinski definition) is 0. The fourth-order valence-corrected chi connectivity index (χ4v) is 1.09. The molecule has 0 aromatic heterocycles. The Morgan fingerprint density at radius 1 is 1.50 bits per heavy atom. The molecule has 0 aliphatic rings. The Morgan fingerprint density at radius 3 is 2.57 bits per heavy atom. The lowest BCUT2D eigenvalue weighted by Crippen LogP contribution is -2.10. The standard InChI is InChI=1S/C9H9N3O2/c1-10-7-4-5-8(12(13)14)9(6-7)11(2)3/h4-6H,2-3H3. The molecule has 0 unspecified atom stereocenters. The maximum Gasteiger partial charge on any atom is 0.289 e. The Morgan fingerprint density at radius 2 is 2.14 bits per heavy atom. The highest BCUT2D eigenvalue weighted by Gasteiger charge is 2.15. The van der Waals surface area contributed by atoms with Crippen LogP contribution in [0.5, 0.6) is 0 Å². The van der Waals surface area contributed by atoms with E-state index in [1.165, 1.54) is 18.2 Å². The molecule has 1 aromatic rings. The molecule has 0 aliphatic heterocycles. The molecule has 0 spiro atoms. The Kier molecular flexibility index (Phi) is 2.67. The van der Waals surface area contributed by atoms with Crippen LogP contribution in [-0.2, 0) is 0 Å². The zero-order valence-electron chi connectivity index (χ0n) is 7.89. The normalized spacial score (nSPS) is 9.21. The average molecular weight is 191 g/mol. The summed E-state index contributed by atoms with van der Waals surface area (Å²) in [4.78, 5) is 15.0. The van der Waals surface area contributed by atoms with Crippen LogP contribution in [0.15, 0.2) is 18.2 Å². The van der Waals surface area contributed by atoms with Crippen LogP contribution < -0.4 is 4.90 Å². The van der Waals surface area contributed by atoms with Gasteiger partial charge in [0.2, 0.25) is 0 Å². The van der Waals surface area contributed by atoms with Gasteiger partial charge in [-0.2, -0.15) is 0 Å². The molecule has 0 N–H and O–H groups in total. The molecule has 5 nitrogen and oxygen atoms in total. The van der Waals surface area contributed by atoms with Crippen molar-refractivity contribution in [3.63, 3.8) is 0 Å². The minimum atomic E-state index is -0.455. The van der Waals surface area contributed by atoms with E-state index in [2.05, 4.69) is 4.85 Å². The summed E-state index contributed by atoms with van der Waals surface area (Å²) < 4.78 is 0. The number of rotatable bonds is 2. The minimum absolute atomic E-state index is 0.0161. The summed E-state index contributed by atoms with van der Waals surface area (Å²) in [5.74, 6) is 0. The molecule has 1 aromatic carbocycles. The van der Waals surface area contributed by atoms with E-state index < -0.39 is 4.92 Å². The summed E-state index contributed by atoms with van der Waals surface area (Å²) in [6.45, 7) is 6.80. The van der Waals surface area contributed by atoms with Gasteiger partial charge in [0.1, 0.15) is 5.69 Å². The van der Waals surface area contributed by atoms with Gasteiger partial charge >= 0.3 is 0 Å². The van der Waals surface area contributed by atoms with E-state index in [4.69, 9.17) is 6.57 Å². The fraction of sp³-hybridized carbons (Fsp3) is 0.222. The van der Waals surface area contributed by atoms with Gasteiger partial charge < -0.3 is 4.90 Å². The van der Waals surface area contributed by atoms with Crippen LogP contribution >= 0.6 is 0 Å². The van der Waals surface area contributed by atoms with Gasteiger partial charge in [-0.1, -0.05) is 0 Å². The average Bonchev–Trinajstić information content (AvgIpc) is 2.16. The van der Waals surface area contributed by atoms with E-state index in [-0.39, 0.29) is 5.69 Å². The Balaban J connectivity index is 3.33. The monoisotopic (exact) mass is 191 g/mol. The minimum Gasteiger partial charge on any atom is -0.373 e. The van der Waals surface area contributed by atoms with Crippen LogP contribution in [0, 0.1) is 16.7 Å². The van der Waals surface area contributed by atoms with Crippen LogP contribution in [0.25, 0.3) is 4.85 Å². The van der Waals surface area contributed by atoms with Crippen molar-refractivity contribution in [2.75, 3.05) is 19.0 Å². The second-order valence-electron chi connectivity index (χ2n) is 2.94. The third-order valence-electron chi connectivity index (χ3n) is 1.77. The molecule has 0 amide bonds. The van der Waals surface area contributed by atoms with E-state index >= 15 is 0 Å². The van der Waals surface area contributed by atoms with Gasteiger partial charge in [-0.05, 0) is 12.1 Å². The summed E-state index contributed by atoms with van der Waals surface area (Å²) in [5, 5.41) is 10.6. The van der Waals surface area contributed by atoms with Gasteiger partial charge in [-0.25, -0.2) is 4.85 Å². The summed E-state index contributed by atoms with van der Waals surface area (Å²) in [5.41, 5.74) is 0.866. The molecule has 0 saturated heterocycles. The van der Waals surface area contributed by atoms with Gasteiger partial charge in [0.05, 0.1) is 11.5 Å². The Hall–Kier alpha value is -2.09. The summed E-state index contributed by atoms with van der Waals surface area (Å²) in [7, 11) is 3.41. The number of hydrogen-bond acceptors (Lipinski definition) is 3. The zero-order valence-corrected chi connectivity index (χ0v) is 7.89. The molecular weight excluding hydrogens is 182 g/mol. The van der Waals surface area contributed by atoms with Crippen molar-refractivity contribution >= 4 is 17.1 Å². The predicted octanol–water partition coefficient (Wildman–Crippen LogP) is 2.21. The molecule has 0 bridgehead atoms. The van der Waals surface area contributed by atoms with Crippen molar-refractivity contribution in [1.29, 1.82) is 0 Å². The summed E-state index contributed by atoms with van der Waals surface area (Å²) >= 11 is 0. The molecular formula is C9H9N3O2. The molecule has 0 aliphatic carbocycles. The molecule has 0 fully saturated rings. The molecule has 5 heteroatoms. The lowest BCUT2D eigenvalue weighted by molar-refractivity contribution is -0.384. The van der Waals surface area contributed by atoms with E-state index in [1.807, 2.05) is 0 Å². The van der Waals surface area contributed by atoms with Crippen LogP contribution in [0.1, 0.15) is 0 Å². The largest absolute Gasteiger partial charge is 0.373 e. The second-order valence-corrected chi connectivity index (χ2v) is 2.94. The van der Waals surface area contributed by atoms with Gasteiger partial charge in [-0.3, -0.25) is 10.1 Å². The molecule has 0 heterocycles. The molecule has 1 rings (SSSR count). The topological polar surface area (TPSA) is 50.7 Å². The first kappa shape index (κ1) is 9.99. The van der Waals surface area contributed by atoms with Crippen molar-refractivity contribution in [3.05, 3.63) is 39.7 Å². The number of nitrogens with zero attached hydrogens (tertiary/aromatic N) is 3. The SMILES string of the molecule is [C-]#[N+]c1ccc([N+](=O)[O-])c(N(C)C)c1. The Labute approximate surface area is 81.5 Å². The van der Waals surface area contributed by atoms with Crippen LogP contribution in [-0.4, -0.2) is 19.0 Å². The predicted molar refractivity (Wildman–Crippen MR) is 53.7 cm³/mol. The number of nitro benzene ring substituents is 1. The highest BCUT2D eigenvalue weighted by Crippen LogP contribution is 2.30. The highest BCUT2D eigenvalue weighted by atomic mass is 16.6.